The van der Waals surface area contributed by atoms with E-state index in [0.29, 0.717) is 13.0 Å². The summed E-state index contributed by atoms with van der Waals surface area (Å²) in [7, 11) is 0. The summed E-state index contributed by atoms with van der Waals surface area (Å²) in [5, 5.41) is 5.26. The van der Waals surface area contributed by atoms with Gasteiger partial charge < -0.3 is 26.8 Å². The van der Waals surface area contributed by atoms with Gasteiger partial charge in [-0.15, -0.1) is 0 Å². The molecule has 1 aromatic rings. The third-order valence-corrected chi connectivity index (χ3v) is 5.97. The Kier molecular flexibility index (Phi) is 16.1. The summed E-state index contributed by atoms with van der Waals surface area (Å²) in [6.07, 6.45) is 0.404. The first-order valence-corrected chi connectivity index (χ1v) is 13.2. The van der Waals surface area contributed by atoms with E-state index in [0.717, 1.165) is 12.0 Å². The fourth-order valence-corrected chi connectivity index (χ4v) is 3.55. The number of hydrogen-bond donors (Lipinski definition) is 6. The number of primary amides is 2. The van der Waals surface area contributed by atoms with Crippen LogP contribution < -0.4 is 33.0 Å². The molecular weight excluding hydrogens is 520 g/mol. The number of rotatable bonds is 22. The molecule has 13 nitrogen and oxygen atoms in total. The van der Waals surface area contributed by atoms with Crippen molar-refractivity contribution in [2.45, 2.75) is 77.0 Å². The zero-order valence-electron chi connectivity index (χ0n) is 23.4. The summed E-state index contributed by atoms with van der Waals surface area (Å²) in [5.74, 6) is -3.21. The van der Waals surface area contributed by atoms with Gasteiger partial charge in [-0.25, -0.2) is 10.9 Å². The van der Waals surface area contributed by atoms with Gasteiger partial charge in [0.2, 0.25) is 17.7 Å². The highest BCUT2D eigenvalue weighted by molar-refractivity contribution is 5.95. The molecule has 0 aliphatic rings. The Bertz CT molecular complexity index is 1000. The van der Waals surface area contributed by atoms with Crippen molar-refractivity contribution < 1.29 is 33.5 Å². The molecule has 40 heavy (non-hydrogen) atoms. The summed E-state index contributed by atoms with van der Waals surface area (Å²) >= 11 is 0. The van der Waals surface area contributed by atoms with Crippen LogP contribution in [0.4, 0.5) is 0 Å². The second kappa shape index (κ2) is 18.7. The van der Waals surface area contributed by atoms with Gasteiger partial charge in [-0.1, -0.05) is 37.3 Å². The van der Waals surface area contributed by atoms with Crippen molar-refractivity contribution in [2.24, 2.45) is 11.5 Å². The van der Waals surface area contributed by atoms with Crippen molar-refractivity contribution in [1.82, 2.24) is 21.5 Å². The van der Waals surface area contributed by atoms with E-state index in [9.17, 15) is 28.8 Å². The fraction of sp³-hybridized carbons (Fsp3) is 0.556. The van der Waals surface area contributed by atoms with Gasteiger partial charge in [0.25, 0.3) is 0 Å². The third kappa shape index (κ3) is 14.0. The van der Waals surface area contributed by atoms with E-state index in [1.165, 1.54) is 6.92 Å². The molecule has 0 aliphatic heterocycles. The Morgan fingerprint density at radius 1 is 0.900 bits per heavy atom. The van der Waals surface area contributed by atoms with Gasteiger partial charge in [-0.3, -0.25) is 28.8 Å². The molecule has 1 aromatic carbocycles. The molecule has 0 fully saturated rings. The van der Waals surface area contributed by atoms with E-state index in [2.05, 4.69) is 21.5 Å². The predicted molar refractivity (Wildman–Crippen MR) is 147 cm³/mol. The Morgan fingerprint density at radius 3 is 2.12 bits per heavy atom. The second-order valence-electron chi connectivity index (χ2n) is 9.52. The van der Waals surface area contributed by atoms with Crippen LogP contribution >= 0.6 is 0 Å². The Balaban J connectivity index is 2.88. The van der Waals surface area contributed by atoms with Crippen LogP contribution in [0.15, 0.2) is 30.3 Å². The zero-order valence-corrected chi connectivity index (χ0v) is 23.4. The molecule has 0 spiro atoms. The van der Waals surface area contributed by atoms with Crippen LogP contribution in [0.2, 0.25) is 0 Å². The highest BCUT2D eigenvalue weighted by Crippen LogP contribution is 2.05. The number of hydrazine groups is 1. The maximum absolute atomic E-state index is 13.1. The predicted octanol–water partition coefficient (Wildman–Crippen LogP) is -1.18. The van der Waals surface area contributed by atoms with Crippen molar-refractivity contribution in [3.63, 3.8) is 0 Å². The zero-order chi connectivity index (χ0) is 30.1. The minimum Gasteiger partial charge on any atom is -0.374 e. The monoisotopic (exact) mass is 562 g/mol. The Hall–Kier alpha value is -3.52. The van der Waals surface area contributed by atoms with Gasteiger partial charge in [0.1, 0.15) is 18.4 Å². The first-order valence-electron chi connectivity index (χ1n) is 13.2. The molecule has 0 aliphatic carbocycles. The number of carbonyl (C=O) groups is 6. The molecule has 8 N–H and O–H groups in total. The lowest BCUT2D eigenvalue weighted by Gasteiger charge is -2.25. The molecular formula is C27H42N6O7. The summed E-state index contributed by atoms with van der Waals surface area (Å²) in [5.41, 5.74) is 17.1. The summed E-state index contributed by atoms with van der Waals surface area (Å²) < 4.78 is 5.22. The number of nitrogens with two attached hydrogens (primary N) is 2. The van der Waals surface area contributed by atoms with E-state index >= 15 is 0 Å². The first-order chi connectivity index (χ1) is 18.9. The first kappa shape index (κ1) is 34.5. The van der Waals surface area contributed by atoms with Gasteiger partial charge in [-0.2, -0.15) is 0 Å². The second-order valence-corrected chi connectivity index (χ2v) is 9.52. The summed E-state index contributed by atoms with van der Waals surface area (Å²) in [6.45, 7) is 4.89. The molecule has 0 saturated carbocycles. The Morgan fingerprint density at radius 2 is 1.55 bits per heavy atom. The number of nitrogens with one attached hydrogen (secondary N) is 4. The third-order valence-electron chi connectivity index (χ3n) is 5.97. The number of hydrogen-bond acceptors (Lipinski definition) is 10. The van der Waals surface area contributed by atoms with Crippen LogP contribution in [0.25, 0.3) is 0 Å². The number of Topliss-reactive ketones (excluding diaryl/α,β-unsaturated/α-hetero) is 3. The smallest absolute Gasteiger partial charge is 0.239 e. The molecule has 0 saturated heterocycles. The van der Waals surface area contributed by atoms with Crippen molar-refractivity contribution in [3.8, 4) is 0 Å². The van der Waals surface area contributed by atoms with E-state index in [1.807, 2.05) is 37.3 Å². The van der Waals surface area contributed by atoms with Gasteiger partial charge in [-0.05, 0) is 38.7 Å². The number of carbonyl (C=O) groups excluding carboxylic acids is 6. The minimum atomic E-state index is -1.29. The molecule has 0 unspecified atom stereocenters. The number of amides is 3. The van der Waals surface area contributed by atoms with E-state index in [4.69, 9.17) is 16.2 Å². The van der Waals surface area contributed by atoms with Crippen LogP contribution in [-0.2, 0) is 39.9 Å². The lowest BCUT2D eigenvalue weighted by atomic mass is 10.0. The average molecular weight is 563 g/mol. The largest absolute Gasteiger partial charge is 0.374 e. The lowest BCUT2D eigenvalue weighted by Crippen LogP contribution is -2.58. The topological polar surface area (TPSA) is 212 Å². The number of ether oxygens (including phenoxy) is 1. The van der Waals surface area contributed by atoms with Gasteiger partial charge >= 0.3 is 0 Å². The quantitative estimate of drug-likeness (QED) is 0.0735. The molecule has 0 aromatic heterocycles. The SMILES string of the molecule is CCCOCC(=O)[C@H](C)NCC(=O)[C@H](CC(N)=O)NC(=O)[C@H](CCC(N)=O)NN[C@@H](Cc1ccccc1)C(C)=O. The number of benzene rings is 1. The molecule has 0 bridgehead atoms. The van der Waals surface area contributed by atoms with Gasteiger partial charge in [0.05, 0.1) is 31.1 Å². The molecule has 4 atom stereocenters. The van der Waals surface area contributed by atoms with Gasteiger partial charge in [0, 0.05) is 13.0 Å². The average Bonchev–Trinajstić information content (AvgIpc) is 2.90. The van der Waals surface area contributed by atoms with Crippen LogP contribution in [0.1, 0.15) is 52.0 Å². The Labute approximate surface area is 234 Å². The highest BCUT2D eigenvalue weighted by atomic mass is 16.5. The summed E-state index contributed by atoms with van der Waals surface area (Å²) in [4.78, 5) is 73.4. The summed E-state index contributed by atoms with van der Waals surface area (Å²) in [6, 6.07) is 5.47. The lowest BCUT2D eigenvalue weighted by molar-refractivity contribution is -0.131. The van der Waals surface area contributed by atoms with Gasteiger partial charge in [0.15, 0.2) is 11.6 Å². The standard InChI is InChI=1S/C27H42N6O7/c1-4-12-40-16-24(36)17(2)30-15-23(35)22(14-26(29)38)31-27(39)20(10-11-25(28)37)32-33-21(18(3)34)13-19-8-6-5-7-9-19/h5-9,17,20-22,30,32-33H,4,10-16H2,1-3H3,(H2,28,37)(H2,29,38)(H,31,39)/t17-,20-,21-,22-/m0/s1. The van der Waals surface area contributed by atoms with E-state index < -0.39 is 54.1 Å². The van der Waals surface area contributed by atoms with Crippen LogP contribution in [0, 0.1) is 0 Å². The van der Waals surface area contributed by atoms with E-state index in [1.54, 1.807) is 6.92 Å². The molecule has 222 valence electrons. The van der Waals surface area contributed by atoms with Crippen molar-refractivity contribution in [2.75, 3.05) is 19.8 Å². The van der Waals surface area contributed by atoms with Crippen molar-refractivity contribution in [3.05, 3.63) is 35.9 Å². The maximum Gasteiger partial charge on any atom is 0.239 e. The van der Waals surface area contributed by atoms with Crippen LogP contribution in [-0.4, -0.2) is 79.0 Å². The molecule has 13 heteroatoms. The molecule has 1 rings (SSSR count). The van der Waals surface area contributed by atoms with Crippen molar-refractivity contribution in [1.29, 1.82) is 0 Å². The number of ketones is 3. The van der Waals surface area contributed by atoms with Crippen molar-refractivity contribution >= 4 is 35.1 Å². The highest BCUT2D eigenvalue weighted by Gasteiger charge is 2.28. The molecule has 3 amide bonds. The van der Waals surface area contributed by atoms with Crippen LogP contribution in [0.3, 0.4) is 0 Å². The molecule has 0 heterocycles. The minimum absolute atomic E-state index is 0.0524. The van der Waals surface area contributed by atoms with Crippen LogP contribution in [0.5, 0.6) is 0 Å². The maximum atomic E-state index is 13.1. The fourth-order valence-electron chi connectivity index (χ4n) is 3.55. The molecule has 0 radical (unpaired) electrons. The normalized spacial score (nSPS) is 14.0. The van der Waals surface area contributed by atoms with E-state index in [-0.39, 0.29) is 37.6 Å².